The second kappa shape index (κ2) is 9.06. The first-order valence-electron chi connectivity index (χ1n) is 8.78. The van der Waals surface area contributed by atoms with Gasteiger partial charge in [-0.1, -0.05) is 0 Å². The van der Waals surface area contributed by atoms with Gasteiger partial charge in [0.05, 0.1) is 0 Å². The van der Waals surface area contributed by atoms with E-state index in [1.165, 1.54) is 6.42 Å². The molecule has 3 rings (SSSR count). The molecule has 2 saturated heterocycles. The minimum absolute atomic E-state index is 0. The van der Waals surface area contributed by atoms with Crippen molar-refractivity contribution in [3.8, 4) is 0 Å². The second-order valence-electron chi connectivity index (χ2n) is 6.56. The molecule has 25 heavy (non-hydrogen) atoms. The standard InChI is InChI=1S/C18H26N4O2.ClH/c1-19-9-6-14-7-11-21(12-8-14)17(23)15-2-4-16(5-3-15)22-13-10-20-18(22)24;/h2-5,14,19H,6-13H2,1H3,(H,20,24);1H. The Kier molecular flexibility index (Phi) is 7.08. The van der Waals surface area contributed by atoms with Gasteiger partial charge in [0.25, 0.3) is 5.91 Å². The minimum Gasteiger partial charge on any atom is -0.339 e. The van der Waals surface area contributed by atoms with Gasteiger partial charge in [-0.3, -0.25) is 9.69 Å². The van der Waals surface area contributed by atoms with E-state index in [0.29, 0.717) is 18.7 Å². The van der Waals surface area contributed by atoms with Crippen molar-refractivity contribution in [3.05, 3.63) is 29.8 Å². The van der Waals surface area contributed by atoms with E-state index >= 15 is 0 Å². The van der Waals surface area contributed by atoms with Crippen LogP contribution >= 0.6 is 12.4 Å². The number of piperidine rings is 1. The number of carbonyl (C=O) groups excluding carboxylic acids is 2. The largest absolute Gasteiger partial charge is 0.339 e. The van der Waals surface area contributed by atoms with Crippen molar-refractivity contribution >= 4 is 30.0 Å². The van der Waals surface area contributed by atoms with Gasteiger partial charge in [-0.05, 0) is 63.0 Å². The molecule has 2 N–H and O–H groups in total. The van der Waals surface area contributed by atoms with E-state index in [2.05, 4.69) is 10.6 Å². The number of amides is 3. The van der Waals surface area contributed by atoms with E-state index in [0.717, 1.165) is 44.1 Å². The summed E-state index contributed by atoms with van der Waals surface area (Å²) < 4.78 is 0. The van der Waals surface area contributed by atoms with Crippen LogP contribution in [0.15, 0.2) is 24.3 Å². The topological polar surface area (TPSA) is 64.7 Å². The zero-order chi connectivity index (χ0) is 16.9. The predicted octanol–water partition coefficient (Wildman–Crippen LogP) is 2.10. The second-order valence-corrected chi connectivity index (χ2v) is 6.56. The molecule has 3 amide bonds. The van der Waals surface area contributed by atoms with Crippen LogP contribution in [0.3, 0.4) is 0 Å². The first-order valence-corrected chi connectivity index (χ1v) is 8.78. The number of benzene rings is 1. The molecule has 0 atom stereocenters. The molecule has 2 aliphatic rings. The van der Waals surface area contributed by atoms with E-state index in [1.807, 2.05) is 36.2 Å². The number of urea groups is 1. The average Bonchev–Trinajstić information content (AvgIpc) is 3.06. The van der Waals surface area contributed by atoms with Gasteiger partial charge in [0, 0.05) is 37.4 Å². The Bertz CT molecular complexity index is 585. The van der Waals surface area contributed by atoms with Crippen LogP contribution in [0.25, 0.3) is 0 Å². The molecule has 0 spiro atoms. The monoisotopic (exact) mass is 366 g/mol. The summed E-state index contributed by atoms with van der Waals surface area (Å²) in [5, 5.41) is 5.98. The van der Waals surface area contributed by atoms with Crippen molar-refractivity contribution in [2.45, 2.75) is 19.3 Å². The molecule has 1 aromatic carbocycles. The van der Waals surface area contributed by atoms with Crippen molar-refractivity contribution in [3.63, 3.8) is 0 Å². The lowest BCUT2D eigenvalue weighted by Gasteiger charge is -2.32. The molecule has 0 aromatic heterocycles. The SMILES string of the molecule is CNCCC1CCN(C(=O)c2ccc(N3CCNC3=O)cc2)CC1.Cl. The fourth-order valence-electron chi connectivity index (χ4n) is 3.46. The minimum atomic E-state index is -0.0716. The van der Waals surface area contributed by atoms with Crippen molar-refractivity contribution < 1.29 is 9.59 Å². The van der Waals surface area contributed by atoms with E-state index < -0.39 is 0 Å². The molecule has 1 aromatic rings. The highest BCUT2D eigenvalue weighted by Crippen LogP contribution is 2.23. The summed E-state index contributed by atoms with van der Waals surface area (Å²) in [6, 6.07) is 7.31. The maximum atomic E-state index is 12.6. The zero-order valence-electron chi connectivity index (χ0n) is 14.7. The van der Waals surface area contributed by atoms with Gasteiger partial charge in [0.15, 0.2) is 0 Å². The van der Waals surface area contributed by atoms with Crippen molar-refractivity contribution in [1.82, 2.24) is 15.5 Å². The van der Waals surface area contributed by atoms with Crippen molar-refractivity contribution in [2.75, 3.05) is 44.7 Å². The average molecular weight is 367 g/mol. The Labute approximate surface area is 155 Å². The lowest BCUT2D eigenvalue weighted by molar-refractivity contribution is 0.0687. The van der Waals surface area contributed by atoms with E-state index in [1.54, 1.807) is 4.90 Å². The van der Waals surface area contributed by atoms with Gasteiger partial charge in [-0.2, -0.15) is 0 Å². The van der Waals surface area contributed by atoms with Crippen LogP contribution in [0.5, 0.6) is 0 Å². The number of carbonyl (C=O) groups is 2. The number of nitrogens with zero attached hydrogens (tertiary/aromatic N) is 2. The number of hydrogen-bond donors (Lipinski definition) is 2. The third-order valence-electron chi connectivity index (χ3n) is 4.99. The van der Waals surface area contributed by atoms with Crippen LogP contribution in [0, 0.1) is 5.92 Å². The maximum Gasteiger partial charge on any atom is 0.321 e. The van der Waals surface area contributed by atoms with Gasteiger partial charge in [-0.15, -0.1) is 12.4 Å². The molecule has 0 unspecified atom stereocenters. The van der Waals surface area contributed by atoms with Crippen LogP contribution in [0.2, 0.25) is 0 Å². The Morgan fingerprint density at radius 1 is 1.20 bits per heavy atom. The van der Waals surface area contributed by atoms with Gasteiger partial charge in [0.1, 0.15) is 0 Å². The van der Waals surface area contributed by atoms with Crippen molar-refractivity contribution in [2.24, 2.45) is 5.92 Å². The summed E-state index contributed by atoms with van der Waals surface area (Å²) >= 11 is 0. The number of anilines is 1. The lowest BCUT2D eigenvalue weighted by atomic mass is 9.93. The molecular formula is C18H27ClN4O2. The number of rotatable bonds is 5. The van der Waals surface area contributed by atoms with E-state index in [4.69, 9.17) is 0 Å². The van der Waals surface area contributed by atoms with Gasteiger partial charge >= 0.3 is 6.03 Å². The first-order chi connectivity index (χ1) is 11.7. The highest BCUT2D eigenvalue weighted by molar-refractivity contribution is 5.97. The van der Waals surface area contributed by atoms with Gasteiger partial charge < -0.3 is 15.5 Å². The Morgan fingerprint density at radius 3 is 2.44 bits per heavy atom. The van der Waals surface area contributed by atoms with Gasteiger partial charge in [-0.25, -0.2) is 4.79 Å². The number of likely N-dealkylation sites (tertiary alicyclic amines) is 1. The molecule has 6 nitrogen and oxygen atoms in total. The third-order valence-corrected chi connectivity index (χ3v) is 4.99. The molecule has 0 aliphatic carbocycles. The molecule has 138 valence electrons. The normalized spacial score (nSPS) is 18.0. The summed E-state index contributed by atoms with van der Waals surface area (Å²) in [4.78, 5) is 28.0. The van der Waals surface area contributed by atoms with E-state index in [-0.39, 0.29) is 24.3 Å². The van der Waals surface area contributed by atoms with Crippen LogP contribution in [-0.4, -0.2) is 56.6 Å². The van der Waals surface area contributed by atoms with E-state index in [9.17, 15) is 9.59 Å². The van der Waals surface area contributed by atoms with Crippen LogP contribution in [0.4, 0.5) is 10.5 Å². The number of hydrogen-bond acceptors (Lipinski definition) is 3. The van der Waals surface area contributed by atoms with Gasteiger partial charge in [0.2, 0.25) is 0 Å². The summed E-state index contributed by atoms with van der Waals surface area (Å²) in [6.45, 7) is 4.06. The van der Waals surface area contributed by atoms with Crippen LogP contribution in [0.1, 0.15) is 29.6 Å². The predicted molar refractivity (Wildman–Crippen MR) is 102 cm³/mol. The lowest BCUT2D eigenvalue weighted by Crippen LogP contribution is -2.39. The summed E-state index contributed by atoms with van der Waals surface area (Å²) in [6.07, 6.45) is 3.35. The Balaban J connectivity index is 0.00000225. The zero-order valence-corrected chi connectivity index (χ0v) is 15.5. The fraction of sp³-hybridized carbons (Fsp3) is 0.556. The Morgan fingerprint density at radius 2 is 1.88 bits per heavy atom. The molecule has 7 heteroatoms. The fourth-order valence-corrected chi connectivity index (χ4v) is 3.46. The molecule has 2 fully saturated rings. The highest BCUT2D eigenvalue weighted by Gasteiger charge is 2.24. The number of halogens is 1. The third kappa shape index (κ3) is 4.64. The summed E-state index contributed by atoms with van der Waals surface area (Å²) in [7, 11) is 1.98. The summed E-state index contributed by atoms with van der Waals surface area (Å²) in [5.74, 6) is 0.817. The van der Waals surface area contributed by atoms with Crippen LogP contribution < -0.4 is 15.5 Å². The smallest absolute Gasteiger partial charge is 0.321 e. The molecule has 2 aliphatic heterocycles. The summed E-state index contributed by atoms with van der Waals surface area (Å²) in [5.41, 5.74) is 1.54. The first kappa shape index (κ1) is 19.5. The molecule has 0 saturated carbocycles. The highest BCUT2D eigenvalue weighted by atomic mass is 35.5. The van der Waals surface area contributed by atoms with Crippen molar-refractivity contribution in [1.29, 1.82) is 0 Å². The number of nitrogens with one attached hydrogen (secondary N) is 2. The Hall–Kier alpha value is -1.79. The molecule has 2 heterocycles. The molecular weight excluding hydrogens is 340 g/mol. The molecule has 0 bridgehead atoms. The van der Waals surface area contributed by atoms with Crippen LogP contribution in [-0.2, 0) is 0 Å². The molecule has 0 radical (unpaired) electrons. The quantitative estimate of drug-likeness (QED) is 0.838. The maximum absolute atomic E-state index is 12.6.